The number of hydrogen-bond donors (Lipinski definition) is 0. The molecule has 1 aliphatic rings. The molecular weight excluding hydrogens is 450 g/mol. The zero-order valence-electron chi connectivity index (χ0n) is 18.4. The lowest BCUT2D eigenvalue weighted by Gasteiger charge is -2.31. The number of nitrogens with zero attached hydrogens (tertiary/aromatic N) is 3. The van der Waals surface area contributed by atoms with Crippen molar-refractivity contribution in [1.29, 1.82) is 0 Å². The Morgan fingerprint density at radius 2 is 1.67 bits per heavy atom. The van der Waals surface area contributed by atoms with Crippen molar-refractivity contribution in [3.8, 4) is 11.3 Å². The summed E-state index contributed by atoms with van der Waals surface area (Å²) < 4.78 is 28.7. The molecule has 0 N–H and O–H groups in total. The minimum atomic E-state index is -3.79. The summed E-state index contributed by atoms with van der Waals surface area (Å²) in [6.45, 7) is 4.33. The lowest BCUT2D eigenvalue weighted by Crippen LogP contribution is -2.34. The third-order valence-electron chi connectivity index (χ3n) is 5.63. The van der Waals surface area contributed by atoms with Gasteiger partial charge in [-0.15, -0.1) is 0 Å². The molecule has 0 spiro atoms. The van der Waals surface area contributed by atoms with E-state index in [4.69, 9.17) is 0 Å². The summed E-state index contributed by atoms with van der Waals surface area (Å²) in [5.74, 6) is 0.717. The number of anilines is 1. The second-order valence-corrected chi connectivity index (χ2v) is 10.9. The van der Waals surface area contributed by atoms with Gasteiger partial charge in [0.05, 0.1) is 24.1 Å². The van der Waals surface area contributed by atoms with Crippen LogP contribution in [0.4, 0.5) is 5.69 Å². The number of fused-ring (bicyclic) bond motifs is 3. The second-order valence-electron chi connectivity index (χ2n) is 8.16. The molecule has 0 unspecified atom stereocenters. The van der Waals surface area contributed by atoms with Gasteiger partial charge in [0.25, 0.3) is 10.0 Å². The van der Waals surface area contributed by atoms with Gasteiger partial charge in [-0.25, -0.2) is 18.4 Å². The van der Waals surface area contributed by atoms with Gasteiger partial charge in [0.15, 0.2) is 5.16 Å². The Bertz CT molecular complexity index is 1430. The van der Waals surface area contributed by atoms with Crippen LogP contribution in [0.2, 0.25) is 0 Å². The predicted octanol–water partition coefficient (Wildman–Crippen LogP) is 5.76. The summed E-state index contributed by atoms with van der Waals surface area (Å²) in [7, 11) is -3.79. The van der Waals surface area contributed by atoms with Gasteiger partial charge in [-0.1, -0.05) is 89.6 Å². The molecule has 0 amide bonds. The van der Waals surface area contributed by atoms with Crippen molar-refractivity contribution in [2.75, 3.05) is 4.31 Å². The first-order chi connectivity index (χ1) is 15.9. The molecule has 1 aliphatic heterocycles. The summed E-state index contributed by atoms with van der Waals surface area (Å²) >= 11 is 1.50. The summed E-state index contributed by atoms with van der Waals surface area (Å²) in [5, 5.41) is 0.562. The Morgan fingerprint density at radius 3 is 2.45 bits per heavy atom. The van der Waals surface area contributed by atoms with E-state index in [0.29, 0.717) is 22.3 Å². The molecule has 3 aromatic carbocycles. The zero-order valence-corrected chi connectivity index (χ0v) is 20.0. The number of rotatable bonds is 5. The first-order valence-electron chi connectivity index (χ1n) is 10.6. The van der Waals surface area contributed by atoms with Crippen LogP contribution >= 0.6 is 11.8 Å². The van der Waals surface area contributed by atoms with Gasteiger partial charge in [0, 0.05) is 11.3 Å². The summed E-state index contributed by atoms with van der Waals surface area (Å²) in [6.07, 6.45) is 1.45. The Morgan fingerprint density at radius 1 is 0.879 bits per heavy atom. The molecule has 4 aromatic rings. The van der Waals surface area contributed by atoms with Crippen molar-refractivity contribution in [1.82, 2.24) is 9.97 Å². The molecular formula is C26H23N3O2S2. The van der Waals surface area contributed by atoms with E-state index in [-0.39, 0.29) is 11.4 Å². The number of thioether (sulfide) groups is 1. The molecule has 5 nitrogen and oxygen atoms in total. The maximum absolute atomic E-state index is 13.6. The highest BCUT2D eigenvalue weighted by Crippen LogP contribution is 2.43. The van der Waals surface area contributed by atoms with E-state index in [1.165, 1.54) is 33.4 Å². The molecule has 0 radical (unpaired) electrons. The van der Waals surface area contributed by atoms with Crippen molar-refractivity contribution in [2.24, 2.45) is 0 Å². The molecule has 33 heavy (non-hydrogen) atoms. The number of sulfonamides is 1. The van der Waals surface area contributed by atoms with Crippen molar-refractivity contribution in [3.05, 3.63) is 101 Å². The van der Waals surface area contributed by atoms with Gasteiger partial charge < -0.3 is 0 Å². The molecule has 0 bridgehead atoms. The molecule has 0 saturated carbocycles. The van der Waals surface area contributed by atoms with Crippen LogP contribution in [0.1, 0.15) is 22.3 Å². The average Bonchev–Trinajstić information content (AvgIpc) is 2.81. The maximum Gasteiger partial charge on any atom is 0.268 e. The topological polar surface area (TPSA) is 63.2 Å². The number of benzene rings is 3. The van der Waals surface area contributed by atoms with E-state index in [2.05, 4.69) is 35.1 Å². The molecule has 0 aliphatic carbocycles. The quantitative estimate of drug-likeness (QED) is 0.272. The Kier molecular flexibility index (Phi) is 5.68. The SMILES string of the molecule is Cc1ccc(CN2c3ccccc3-c3nc(SCc4cccc(C)c4)ncc3S2(=O)=O)cc1. The van der Waals surface area contributed by atoms with Crippen LogP contribution in [0.5, 0.6) is 0 Å². The summed E-state index contributed by atoms with van der Waals surface area (Å²) in [5.41, 5.74) is 6.34. The lowest BCUT2D eigenvalue weighted by molar-refractivity contribution is 0.588. The van der Waals surface area contributed by atoms with Gasteiger partial charge in [0.1, 0.15) is 4.90 Å². The third kappa shape index (κ3) is 4.26. The fourth-order valence-electron chi connectivity index (χ4n) is 3.92. The van der Waals surface area contributed by atoms with Crippen molar-refractivity contribution in [2.45, 2.75) is 36.2 Å². The Labute approximate surface area is 198 Å². The first kappa shape index (κ1) is 21.7. The minimum absolute atomic E-state index is 0.146. The summed E-state index contributed by atoms with van der Waals surface area (Å²) in [4.78, 5) is 9.23. The lowest BCUT2D eigenvalue weighted by atomic mass is 10.1. The molecule has 1 aromatic heterocycles. The Balaban J connectivity index is 1.51. The van der Waals surface area contributed by atoms with Crippen molar-refractivity contribution >= 4 is 27.5 Å². The third-order valence-corrected chi connectivity index (χ3v) is 8.32. The molecule has 0 fully saturated rings. The highest BCUT2D eigenvalue weighted by molar-refractivity contribution is 7.98. The summed E-state index contributed by atoms with van der Waals surface area (Å²) in [6, 6.07) is 23.7. The largest absolute Gasteiger partial charge is 0.268 e. The van der Waals surface area contributed by atoms with Gasteiger partial charge >= 0.3 is 0 Å². The smallest absolute Gasteiger partial charge is 0.261 e. The molecule has 0 saturated heterocycles. The standard InChI is InChI=1S/C26H23N3O2S2/c1-18-10-12-20(13-11-18)16-29-23-9-4-3-8-22(23)25-24(33(29,30)31)15-27-26(28-25)32-17-21-7-5-6-19(2)14-21/h3-15H,16-17H2,1-2H3. The predicted molar refractivity (Wildman–Crippen MR) is 133 cm³/mol. The Hall–Kier alpha value is -3.16. The fourth-order valence-corrected chi connectivity index (χ4v) is 6.24. The van der Waals surface area contributed by atoms with Crippen LogP contribution in [-0.2, 0) is 22.3 Å². The van der Waals surface area contributed by atoms with E-state index in [0.717, 1.165) is 16.7 Å². The van der Waals surface area contributed by atoms with E-state index < -0.39 is 10.0 Å². The van der Waals surface area contributed by atoms with Crippen molar-refractivity contribution in [3.63, 3.8) is 0 Å². The van der Waals surface area contributed by atoms with Gasteiger partial charge in [-0.3, -0.25) is 4.31 Å². The van der Waals surface area contributed by atoms with Crippen LogP contribution in [0, 0.1) is 13.8 Å². The number of aromatic nitrogens is 2. The molecule has 0 atom stereocenters. The van der Waals surface area contributed by atoms with Crippen LogP contribution in [0.15, 0.2) is 89.0 Å². The van der Waals surface area contributed by atoms with E-state index in [9.17, 15) is 8.42 Å². The maximum atomic E-state index is 13.6. The monoisotopic (exact) mass is 473 g/mol. The minimum Gasteiger partial charge on any atom is -0.261 e. The van der Waals surface area contributed by atoms with E-state index in [1.807, 2.05) is 61.5 Å². The van der Waals surface area contributed by atoms with Gasteiger partial charge in [-0.2, -0.15) is 0 Å². The van der Waals surface area contributed by atoms with E-state index in [1.54, 1.807) is 0 Å². The van der Waals surface area contributed by atoms with E-state index >= 15 is 0 Å². The van der Waals surface area contributed by atoms with Crippen LogP contribution in [0.25, 0.3) is 11.3 Å². The number of hydrogen-bond acceptors (Lipinski definition) is 5. The number of para-hydroxylation sites is 1. The number of aryl methyl sites for hydroxylation is 2. The first-order valence-corrected chi connectivity index (χ1v) is 13.1. The zero-order chi connectivity index (χ0) is 23.0. The average molecular weight is 474 g/mol. The van der Waals surface area contributed by atoms with Crippen LogP contribution in [-0.4, -0.2) is 18.4 Å². The van der Waals surface area contributed by atoms with Crippen molar-refractivity contribution < 1.29 is 8.42 Å². The molecule has 2 heterocycles. The van der Waals surface area contributed by atoms with Gasteiger partial charge in [0.2, 0.25) is 0 Å². The highest BCUT2D eigenvalue weighted by Gasteiger charge is 2.36. The molecule has 7 heteroatoms. The van der Waals surface area contributed by atoms with Gasteiger partial charge in [-0.05, 0) is 31.0 Å². The normalized spacial score (nSPS) is 13.9. The second kappa shape index (κ2) is 8.65. The highest BCUT2D eigenvalue weighted by atomic mass is 32.2. The van der Waals surface area contributed by atoms with Crippen LogP contribution < -0.4 is 4.31 Å². The van der Waals surface area contributed by atoms with Crippen LogP contribution in [0.3, 0.4) is 0 Å². The molecule has 166 valence electrons. The fraction of sp³-hybridized carbons (Fsp3) is 0.154. The molecule has 5 rings (SSSR count).